The van der Waals surface area contributed by atoms with Crippen LogP contribution in [0.25, 0.3) is 0 Å². The lowest BCUT2D eigenvalue weighted by molar-refractivity contribution is -0.870. The molecule has 3 N–H and O–H groups in total. The lowest BCUT2D eigenvalue weighted by atomic mass is 10.0. The number of phosphoric ester groups is 1. The summed E-state index contributed by atoms with van der Waals surface area (Å²) in [6.07, 6.45) is 57.9. The predicted molar refractivity (Wildman–Crippen MR) is 253 cm³/mol. The van der Waals surface area contributed by atoms with E-state index in [1.165, 1.54) is 57.8 Å². The molecule has 1 amide bonds. The zero-order valence-corrected chi connectivity index (χ0v) is 39.1. The van der Waals surface area contributed by atoms with Gasteiger partial charge in [0, 0.05) is 6.42 Å². The minimum atomic E-state index is -4.34. The summed E-state index contributed by atoms with van der Waals surface area (Å²) in [6, 6.07) is -0.869. The topological polar surface area (TPSA) is 105 Å². The van der Waals surface area contributed by atoms with Gasteiger partial charge in [0.05, 0.1) is 39.9 Å². The Kier molecular flexibility index (Phi) is 39.0. The molecule has 0 rings (SSSR count). The Bertz CT molecular complexity index is 1280. The van der Waals surface area contributed by atoms with E-state index in [1.54, 1.807) is 6.08 Å². The summed E-state index contributed by atoms with van der Waals surface area (Å²) in [5.74, 6) is -0.201. The number of hydrogen-bond acceptors (Lipinski definition) is 5. The number of carbonyl (C=O) groups excluding carboxylic acids is 1. The van der Waals surface area contributed by atoms with Crippen molar-refractivity contribution in [3.63, 3.8) is 0 Å². The number of aliphatic hydroxyl groups is 1. The number of nitrogens with zero attached hydrogens (tertiary/aromatic N) is 1. The highest BCUT2D eigenvalue weighted by molar-refractivity contribution is 7.47. The highest BCUT2D eigenvalue weighted by Crippen LogP contribution is 2.43. The first-order valence-corrected chi connectivity index (χ1v) is 24.6. The van der Waals surface area contributed by atoms with Gasteiger partial charge in [0.2, 0.25) is 5.91 Å². The molecule has 3 unspecified atom stereocenters. The highest BCUT2D eigenvalue weighted by atomic mass is 31.2. The Morgan fingerprint density at radius 1 is 0.593 bits per heavy atom. The van der Waals surface area contributed by atoms with Crippen molar-refractivity contribution in [1.29, 1.82) is 0 Å². The Morgan fingerprint density at radius 2 is 1.03 bits per heavy atom. The fraction of sp³-hybridized carbons (Fsp3) is 0.660. The third kappa shape index (κ3) is 43.3. The standard InChI is InChI=1S/C50H87N2O6P/c1-6-8-10-12-14-16-17-18-19-20-21-22-23-24-25-26-27-28-29-30-31-32-33-34-35-36-38-40-42-44-50(54)51-48(47-58-59(55,56)57-46-45-52(3,4)5)49(53)43-41-39-37-15-13-11-9-7-2/h8,10,13-16,18-19,21-22,24-25,27-28,41,43,48-49,53H,6-7,9,11-12,17,20,23,26,29-40,42,44-47H2,1-5H3,(H-,51,54,55,56)/p+1/b10-8-,15-13+,16-14-,19-18-,22-21-,25-24-,28-27-,43-41+. The van der Waals surface area contributed by atoms with Gasteiger partial charge >= 0.3 is 7.82 Å². The van der Waals surface area contributed by atoms with Crippen LogP contribution in [0, 0.1) is 0 Å². The number of amides is 1. The summed E-state index contributed by atoms with van der Waals surface area (Å²) in [5.41, 5.74) is 0. The second-order valence-corrected chi connectivity index (χ2v) is 17.8. The van der Waals surface area contributed by atoms with E-state index < -0.39 is 20.0 Å². The fourth-order valence-corrected chi connectivity index (χ4v) is 6.60. The van der Waals surface area contributed by atoms with Gasteiger partial charge in [0.15, 0.2) is 0 Å². The van der Waals surface area contributed by atoms with Crippen LogP contribution in [0.5, 0.6) is 0 Å². The summed E-state index contributed by atoms with van der Waals surface area (Å²) in [5, 5.41) is 13.7. The largest absolute Gasteiger partial charge is 0.472 e. The number of hydrogen-bond donors (Lipinski definition) is 3. The number of likely N-dealkylation sites (N-methyl/N-ethyl adjacent to an activating group) is 1. The molecule has 0 fully saturated rings. The fourth-order valence-electron chi connectivity index (χ4n) is 5.87. The van der Waals surface area contributed by atoms with Crippen LogP contribution < -0.4 is 5.32 Å². The van der Waals surface area contributed by atoms with Gasteiger partial charge < -0.3 is 19.8 Å². The molecule has 3 atom stereocenters. The van der Waals surface area contributed by atoms with E-state index in [0.717, 1.165) is 83.5 Å². The lowest BCUT2D eigenvalue weighted by Gasteiger charge is -2.25. The molecule has 0 saturated heterocycles. The van der Waals surface area contributed by atoms with Crippen LogP contribution in [0.15, 0.2) is 97.2 Å². The molecule has 338 valence electrons. The Morgan fingerprint density at radius 3 is 1.56 bits per heavy atom. The molecule has 0 saturated carbocycles. The number of carbonyl (C=O) groups is 1. The van der Waals surface area contributed by atoms with Gasteiger partial charge in [0.25, 0.3) is 0 Å². The zero-order chi connectivity index (χ0) is 43.6. The summed E-state index contributed by atoms with van der Waals surface area (Å²) in [7, 11) is 1.53. The average Bonchev–Trinajstić information content (AvgIpc) is 3.19. The first-order valence-electron chi connectivity index (χ1n) is 23.1. The Labute approximate surface area is 362 Å². The van der Waals surface area contributed by atoms with Gasteiger partial charge in [-0.05, 0) is 77.0 Å². The number of aliphatic hydroxyl groups excluding tert-OH is 1. The van der Waals surface area contributed by atoms with Crippen molar-refractivity contribution >= 4 is 13.7 Å². The normalized spacial score (nSPS) is 15.2. The van der Waals surface area contributed by atoms with Gasteiger partial charge in [0.1, 0.15) is 13.2 Å². The molecule has 0 aromatic heterocycles. The number of phosphoric acid groups is 1. The van der Waals surface area contributed by atoms with Crippen molar-refractivity contribution in [2.24, 2.45) is 0 Å². The molecule has 0 aliphatic heterocycles. The maximum Gasteiger partial charge on any atom is 0.472 e. The number of allylic oxidation sites excluding steroid dienone is 15. The average molecular weight is 844 g/mol. The van der Waals surface area contributed by atoms with Crippen molar-refractivity contribution in [2.45, 2.75) is 174 Å². The molecule has 59 heavy (non-hydrogen) atoms. The quantitative estimate of drug-likeness (QED) is 0.0246. The van der Waals surface area contributed by atoms with Crippen molar-refractivity contribution in [3.05, 3.63) is 97.2 Å². The van der Waals surface area contributed by atoms with Crippen LogP contribution in [0.1, 0.15) is 162 Å². The molecule has 0 aromatic rings. The minimum Gasteiger partial charge on any atom is -0.387 e. The van der Waals surface area contributed by atoms with Crippen LogP contribution in [-0.4, -0.2) is 73.4 Å². The Balaban J connectivity index is 4.15. The first kappa shape index (κ1) is 56.4. The number of quaternary nitrogens is 1. The Hall–Kier alpha value is -2.58. The third-order valence-corrected chi connectivity index (χ3v) is 10.5. The molecule has 0 spiro atoms. The maximum absolute atomic E-state index is 12.8. The van der Waals surface area contributed by atoms with E-state index in [9.17, 15) is 19.4 Å². The smallest absolute Gasteiger partial charge is 0.387 e. The van der Waals surface area contributed by atoms with Gasteiger partial charge in [-0.1, -0.05) is 175 Å². The monoisotopic (exact) mass is 844 g/mol. The number of unbranched alkanes of at least 4 members (excludes halogenated alkanes) is 13. The second-order valence-electron chi connectivity index (χ2n) is 16.4. The molecule has 0 aliphatic rings. The van der Waals surface area contributed by atoms with Crippen LogP contribution in [0.4, 0.5) is 0 Å². The number of nitrogens with one attached hydrogen (secondary N) is 1. The zero-order valence-electron chi connectivity index (χ0n) is 38.2. The minimum absolute atomic E-state index is 0.0499. The highest BCUT2D eigenvalue weighted by Gasteiger charge is 2.27. The molecule has 0 heterocycles. The van der Waals surface area contributed by atoms with Crippen molar-refractivity contribution in [3.8, 4) is 0 Å². The molecular weight excluding hydrogens is 756 g/mol. The summed E-state index contributed by atoms with van der Waals surface area (Å²) >= 11 is 0. The van der Waals surface area contributed by atoms with Crippen molar-refractivity contribution in [1.82, 2.24) is 5.32 Å². The second kappa shape index (κ2) is 40.8. The molecular formula is C50H88N2O6P+. The molecule has 0 aliphatic carbocycles. The van der Waals surface area contributed by atoms with E-state index in [4.69, 9.17) is 9.05 Å². The SMILES string of the molecule is CC/C=C\C/C=C\C/C=C\C/C=C\C/C=C\C/C=C\CCCCCCCCCCCCC(=O)NC(COP(=O)(O)OCC[N+](C)(C)C)C(O)/C=C/CC/C=C/CCCC. The molecule has 0 aromatic carbocycles. The number of rotatable bonds is 40. The third-order valence-electron chi connectivity index (χ3n) is 9.54. The van der Waals surface area contributed by atoms with Gasteiger partial charge in [-0.3, -0.25) is 13.8 Å². The van der Waals surface area contributed by atoms with Crippen LogP contribution in [0.2, 0.25) is 0 Å². The van der Waals surface area contributed by atoms with Crippen LogP contribution in [-0.2, 0) is 18.4 Å². The van der Waals surface area contributed by atoms with E-state index in [2.05, 4.69) is 104 Å². The van der Waals surface area contributed by atoms with Gasteiger partial charge in [-0.15, -0.1) is 0 Å². The van der Waals surface area contributed by atoms with E-state index in [1.807, 2.05) is 27.2 Å². The summed E-state index contributed by atoms with van der Waals surface area (Å²) < 4.78 is 23.4. The van der Waals surface area contributed by atoms with Crippen molar-refractivity contribution in [2.75, 3.05) is 40.9 Å². The van der Waals surface area contributed by atoms with Crippen molar-refractivity contribution < 1.29 is 32.9 Å². The van der Waals surface area contributed by atoms with Gasteiger partial charge in [-0.2, -0.15) is 0 Å². The summed E-state index contributed by atoms with van der Waals surface area (Å²) in [4.78, 5) is 23.0. The van der Waals surface area contributed by atoms with E-state index in [0.29, 0.717) is 17.4 Å². The van der Waals surface area contributed by atoms with E-state index in [-0.39, 0.29) is 19.1 Å². The molecule has 8 nitrogen and oxygen atoms in total. The van der Waals surface area contributed by atoms with Gasteiger partial charge in [-0.25, -0.2) is 4.57 Å². The predicted octanol–water partition coefficient (Wildman–Crippen LogP) is 13.1. The van der Waals surface area contributed by atoms with Crippen LogP contribution >= 0.6 is 7.82 Å². The van der Waals surface area contributed by atoms with E-state index >= 15 is 0 Å². The lowest BCUT2D eigenvalue weighted by Crippen LogP contribution is -2.45. The molecule has 0 bridgehead atoms. The maximum atomic E-state index is 12.8. The molecule has 0 radical (unpaired) electrons. The molecule has 9 heteroatoms. The van der Waals surface area contributed by atoms with Crippen LogP contribution in [0.3, 0.4) is 0 Å². The summed E-state index contributed by atoms with van der Waals surface area (Å²) in [6.45, 7) is 4.57. The first-order chi connectivity index (χ1) is 28.5.